The Kier molecular flexibility index (Phi) is 44.9. The summed E-state index contributed by atoms with van der Waals surface area (Å²) in [6.45, 7) is -1.79. The molecule has 0 saturated carbocycles. The van der Waals surface area contributed by atoms with Crippen LogP contribution in [-0.4, -0.2) is 342 Å². The lowest BCUT2D eigenvalue weighted by atomic mass is 10.0. The fourth-order valence-electron chi connectivity index (χ4n) is 10.1. The number of carbonyl (C=O) groups excluding carboxylic acids is 14. The number of nitrogens with one attached hydrogen (secondary N) is 16. The number of nitrogen functional groups attached to an aromatic ring is 1. The molecule has 0 aliphatic heterocycles. The number of anilines is 2. The lowest BCUT2D eigenvalue weighted by Crippen LogP contribution is -2.59. The first-order chi connectivity index (χ1) is 56.1. The average molecular weight is 1750 g/mol. The number of hydrogen-bond acceptors (Lipinski definition) is 35. The largest absolute Gasteiger partial charge is 0.481 e. The molecule has 662 valence electrons. The number of carbonyl (C=O) groups is 16. The molecule has 49 nitrogen and oxygen atoms in total. The van der Waals surface area contributed by atoms with Crippen LogP contribution >= 0.6 is 37.9 Å². The van der Waals surface area contributed by atoms with Crippen LogP contribution in [0, 0.1) is 0 Å². The van der Waals surface area contributed by atoms with Crippen LogP contribution in [0.15, 0.2) is 35.3 Å². The molecule has 17 atom stereocenters. The third kappa shape index (κ3) is 36.1. The van der Waals surface area contributed by atoms with Gasteiger partial charge in [0.1, 0.15) is 91.0 Å². The molecule has 14 amide bonds. The van der Waals surface area contributed by atoms with Gasteiger partial charge < -0.3 is 147 Å². The van der Waals surface area contributed by atoms with Crippen LogP contribution < -0.4 is 91.0 Å². The number of carboxylic acids is 2. The first kappa shape index (κ1) is 102. The monoisotopic (exact) mass is 1750 g/mol. The van der Waals surface area contributed by atoms with Crippen molar-refractivity contribution >= 4 is 155 Å². The Balaban J connectivity index is 1.63. The summed E-state index contributed by atoms with van der Waals surface area (Å²) < 4.78 is 0. The number of aliphatic hydroxyl groups is 10. The van der Waals surface area contributed by atoms with Crippen LogP contribution in [0.4, 0.5) is 11.6 Å². The number of nitrogens with zero attached hydrogens (tertiary/aromatic N) is 3. The predicted octanol–water partition coefficient (Wildman–Crippen LogP) is -13.5. The van der Waals surface area contributed by atoms with Crippen molar-refractivity contribution in [2.24, 2.45) is 0 Å². The quantitative estimate of drug-likeness (QED) is 0.0184. The minimum atomic E-state index is -2.11. The maximum atomic E-state index is 14.0. The highest BCUT2D eigenvalue weighted by molar-refractivity contribution is 7.80. The molecule has 2 heterocycles. The smallest absolute Gasteiger partial charge is 0.327 e. The number of aromatic nitrogens is 4. The molecule has 0 saturated heterocycles. The summed E-state index contributed by atoms with van der Waals surface area (Å²) in [5.74, 6) is -18.6. The molecule has 0 fully saturated rings. The average Bonchev–Trinajstić information content (AvgIpc) is 0.793. The molecule has 30 N–H and O–H groups in total. The van der Waals surface area contributed by atoms with Crippen molar-refractivity contribution in [3.8, 4) is 0 Å². The molecule has 0 spiro atoms. The van der Waals surface area contributed by atoms with Crippen molar-refractivity contribution in [1.29, 1.82) is 0 Å². The Morgan fingerprint density at radius 3 is 1.30 bits per heavy atom. The highest BCUT2D eigenvalue weighted by Crippen LogP contribution is 2.14. The van der Waals surface area contributed by atoms with E-state index < -0.39 is 293 Å². The maximum Gasteiger partial charge on any atom is 0.327 e. The van der Waals surface area contributed by atoms with Crippen molar-refractivity contribution in [3.05, 3.63) is 52.1 Å². The van der Waals surface area contributed by atoms with Gasteiger partial charge in [0.25, 0.3) is 11.5 Å². The van der Waals surface area contributed by atoms with E-state index in [-0.39, 0.29) is 54.4 Å². The van der Waals surface area contributed by atoms with E-state index in [9.17, 15) is 133 Å². The van der Waals surface area contributed by atoms with E-state index in [1.807, 2.05) is 0 Å². The maximum absolute atomic E-state index is 14.0. The van der Waals surface area contributed by atoms with Gasteiger partial charge in [-0.15, -0.1) is 0 Å². The van der Waals surface area contributed by atoms with Crippen molar-refractivity contribution < 1.29 is 138 Å². The molecule has 1 aromatic carbocycles. The minimum absolute atomic E-state index is 0.000210. The van der Waals surface area contributed by atoms with Crippen LogP contribution in [0.1, 0.15) is 88.2 Å². The second kappa shape index (κ2) is 52.2. The van der Waals surface area contributed by atoms with Gasteiger partial charge in [0.05, 0.1) is 56.9 Å². The Hall–Kier alpha value is -10.8. The van der Waals surface area contributed by atoms with Gasteiger partial charge in [0.15, 0.2) is 11.2 Å². The Morgan fingerprint density at radius 2 is 0.866 bits per heavy atom. The van der Waals surface area contributed by atoms with E-state index in [0.29, 0.717) is 11.4 Å². The number of aliphatic hydroxyl groups excluding tert-OH is 10. The van der Waals surface area contributed by atoms with Gasteiger partial charge in [0, 0.05) is 73.8 Å². The third-order valence-corrected chi connectivity index (χ3v) is 18.2. The SMILES string of the molecule is CC(NC(=O)CCCNC(=O)c1ccc(NCc2cnc3nc(N)[nH]c(=O)c3n2)cc1)C(=O)NC(CS)C(=O)NCC(=O)NC(CCC(=O)NCC(O)C(O)C(O)C(O)CO)C(=O)NC(C)C(=O)NC(CCC(=O)O)C(=O)NC(C)C(=O)NC(CS)C(=O)NCC(=O)NC(CCC(=O)NCC(O)C(O)C(O)C(O)CO)C(=O)NC(CS)C(=O)O. The number of aromatic amines is 1. The fraction of sp³-hybridized carbons (Fsp3) is 0.582. The van der Waals surface area contributed by atoms with Crippen molar-refractivity contribution in [1.82, 2.24) is 94.4 Å². The summed E-state index contributed by atoms with van der Waals surface area (Å²) >= 11 is 12.0. The number of fused-ring (bicyclic) bond motifs is 1. The molecule has 3 aromatic rings. The molecular weight excluding hydrogens is 1650 g/mol. The Morgan fingerprint density at radius 1 is 0.454 bits per heavy atom. The molecule has 119 heavy (non-hydrogen) atoms. The lowest BCUT2D eigenvalue weighted by Gasteiger charge is -2.26. The number of aliphatic carboxylic acids is 2. The normalized spacial score (nSPS) is 15.5. The Labute approximate surface area is 692 Å². The van der Waals surface area contributed by atoms with Gasteiger partial charge in [0.2, 0.25) is 82.7 Å². The Bertz CT molecular complexity index is 4050. The zero-order valence-electron chi connectivity index (χ0n) is 64.2. The van der Waals surface area contributed by atoms with Crippen LogP contribution in [0.5, 0.6) is 0 Å². The molecule has 0 radical (unpaired) electrons. The summed E-state index contributed by atoms with van der Waals surface area (Å²) in [5.41, 5.74) is 6.38. The molecule has 0 aliphatic rings. The highest BCUT2D eigenvalue weighted by atomic mass is 32.1. The number of H-pyrrole nitrogens is 1. The summed E-state index contributed by atoms with van der Waals surface area (Å²) in [6, 6.07) is -8.26. The fourth-order valence-corrected chi connectivity index (χ4v) is 10.9. The van der Waals surface area contributed by atoms with E-state index in [0.717, 1.165) is 13.8 Å². The van der Waals surface area contributed by atoms with Crippen LogP contribution in [0.2, 0.25) is 0 Å². The first-order valence-electron chi connectivity index (χ1n) is 36.4. The van der Waals surface area contributed by atoms with E-state index in [1.54, 1.807) is 12.1 Å². The van der Waals surface area contributed by atoms with Crippen molar-refractivity contribution in [2.45, 2.75) is 182 Å². The second-order valence-electron chi connectivity index (χ2n) is 26.5. The van der Waals surface area contributed by atoms with E-state index in [2.05, 4.69) is 138 Å². The number of hydrogen-bond donors (Lipinski definition) is 32. The number of thiol groups is 3. The predicted molar refractivity (Wildman–Crippen MR) is 421 cm³/mol. The van der Waals surface area contributed by atoms with Crippen LogP contribution in [0.25, 0.3) is 11.2 Å². The minimum Gasteiger partial charge on any atom is -0.481 e. The zero-order valence-corrected chi connectivity index (χ0v) is 66.9. The summed E-state index contributed by atoms with van der Waals surface area (Å²) in [6.07, 6.45) is -18.5. The number of rotatable bonds is 54. The summed E-state index contributed by atoms with van der Waals surface area (Å²) in [4.78, 5) is 236. The van der Waals surface area contributed by atoms with Gasteiger partial charge in [-0.05, 0) is 70.7 Å². The van der Waals surface area contributed by atoms with E-state index >= 15 is 0 Å². The van der Waals surface area contributed by atoms with Crippen LogP contribution in [-0.2, 0) is 78.5 Å². The van der Waals surface area contributed by atoms with Gasteiger partial charge in [-0.25, -0.2) is 14.8 Å². The molecule has 52 heteroatoms. The molecule has 0 aliphatic carbocycles. The second-order valence-corrected chi connectivity index (χ2v) is 27.6. The summed E-state index contributed by atoms with van der Waals surface area (Å²) in [7, 11) is 0. The zero-order chi connectivity index (χ0) is 89.5. The van der Waals surface area contributed by atoms with Gasteiger partial charge in [-0.1, -0.05) is 0 Å². The molecular formula is C67H102N20O29S3. The van der Waals surface area contributed by atoms with Crippen molar-refractivity contribution in [3.63, 3.8) is 0 Å². The first-order valence-corrected chi connectivity index (χ1v) is 38.3. The molecule has 3 rings (SSSR count). The van der Waals surface area contributed by atoms with Gasteiger partial charge in [-0.3, -0.25) is 81.7 Å². The summed E-state index contributed by atoms with van der Waals surface area (Å²) in [5, 5.41) is 152. The number of amides is 14. The molecule has 2 aromatic heterocycles. The van der Waals surface area contributed by atoms with E-state index in [1.165, 1.54) is 25.3 Å². The number of carboxylic acid groups (broad SMARTS) is 2. The molecule has 17 unspecified atom stereocenters. The number of benzene rings is 1. The van der Waals surface area contributed by atoms with Gasteiger partial charge >= 0.3 is 11.9 Å². The van der Waals surface area contributed by atoms with E-state index in [4.69, 9.17) is 15.9 Å². The third-order valence-electron chi connectivity index (χ3n) is 17.1. The number of nitrogens with two attached hydrogens (primary N) is 1. The standard InChI is InChI=1S/C67H102N20O29S3/c1-28(76-46(96)5-4-16-69-59(108)31-6-8-32(9-7-31)70-17-33-18-73-55-50(79-33)65(114)87-67(68)86-55)56(105)83-37(25-117)60(109)74-21-47(97)80-34(10-13-44(94)71-19-40(90)51(101)53(103)42(92)23-88)62(111)77-29(2)57(106)82-36(12-15-49(99)100)63(112)78-30(3)58(107)84-38(26-118)61(110)75-22-48(98)81-35(64(113)85-39(27-119)66(115)116)11-14-45(95)72-20-41(91)52(102)54(104)43(93)24-89/h6-9,18,28-30,34-43,51-54,70,88-93,101-104,117-119H,4-5,10-17,19-27H2,1-3H3,(H,69,108)(H,71,94)(H,72,95)(H,74,109)(H,75,110)(H,76,96)(H,77,111)(H,78,112)(H,80,97)(H,81,98)(H,82,106)(H,83,105)(H,84,107)(H,85,113)(H,99,100)(H,115,116)(H3,68,73,86,87,114). The molecule has 0 bridgehead atoms. The van der Waals surface area contributed by atoms with Crippen LogP contribution in [0.3, 0.4) is 0 Å². The van der Waals surface area contributed by atoms with Gasteiger partial charge in [-0.2, -0.15) is 42.9 Å². The van der Waals surface area contributed by atoms with Crippen molar-refractivity contribution in [2.75, 3.05) is 74.2 Å². The topological polar surface area (TPSA) is 794 Å². The lowest BCUT2D eigenvalue weighted by molar-refractivity contribution is -0.141. The highest BCUT2D eigenvalue weighted by Gasteiger charge is 2.36.